The number of amides is 2. The molecule has 2 amide bonds. The Morgan fingerprint density at radius 3 is 2.73 bits per heavy atom. The number of nitro groups is 1. The van der Waals surface area contributed by atoms with Crippen LogP contribution in [0.4, 0.5) is 5.69 Å². The first-order chi connectivity index (χ1) is 14.1. The largest absolute Gasteiger partial charge is 0.477 e. The number of hydrogen-bond donors (Lipinski definition) is 2. The van der Waals surface area contributed by atoms with Crippen LogP contribution < -0.4 is 5.32 Å². The highest BCUT2D eigenvalue weighted by atomic mass is 32.2. The van der Waals surface area contributed by atoms with Crippen LogP contribution in [0.1, 0.15) is 12.6 Å². The smallest absolute Gasteiger partial charge is 0.352 e. The van der Waals surface area contributed by atoms with Gasteiger partial charge in [0.1, 0.15) is 42.2 Å². The van der Waals surface area contributed by atoms with Crippen LogP contribution in [0.5, 0.6) is 0 Å². The molecule has 0 aliphatic carbocycles. The zero-order valence-corrected chi connectivity index (χ0v) is 16.7. The Hall–Kier alpha value is -3.42. The fraction of sp³-hybridized carbons (Fsp3) is 0.438. The van der Waals surface area contributed by atoms with Crippen molar-refractivity contribution >= 4 is 41.2 Å². The van der Waals surface area contributed by atoms with Gasteiger partial charge in [0, 0.05) is 18.2 Å². The number of fused-ring (bicyclic) bond motifs is 1. The van der Waals surface area contributed by atoms with E-state index in [0.717, 1.165) is 15.8 Å². The second kappa shape index (κ2) is 8.14. The molecule has 2 aliphatic heterocycles. The molecule has 3 heterocycles. The molecule has 14 heteroatoms. The minimum absolute atomic E-state index is 0.190. The van der Waals surface area contributed by atoms with Gasteiger partial charge >= 0.3 is 17.6 Å². The van der Waals surface area contributed by atoms with Crippen molar-refractivity contribution in [3.05, 3.63) is 33.3 Å². The molecule has 0 radical (unpaired) electrons. The first-order valence-corrected chi connectivity index (χ1v) is 9.66. The van der Waals surface area contributed by atoms with Crippen LogP contribution >= 0.6 is 11.8 Å². The Morgan fingerprint density at radius 2 is 2.17 bits per heavy atom. The molecule has 2 N–H and O–H groups in total. The second-order valence-electron chi connectivity index (χ2n) is 6.52. The summed E-state index contributed by atoms with van der Waals surface area (Å²) in [7, 11) is 0. The van der Waals surface area contributed by atoms with Crippen molar-refractivity contribution in [3.8, 4) is 0 Å². The van der Waals surface area contributed by atoms with Gasteiger partial charge in [0.05, 0.1) is 4.92 Å². The Bertz CT molecular complexity index is 986. The normalized spacial score (nSPS) is 20.3. The maximum Gasteiger partial charge on any atom is 0.352 e. The van der Waals surface area contributed by atoms with E-state index in [0.29, 0.717) is 0 Å². The fourth-order valence-corrected chi connectivity index (χ4v) is 4.44. The van der Waals surface area contributed by atoms with Crippen LogP contribution in [0.2, 0.25) is 0 Å². The molecule has 0 saturated carbocycles. The summed E-state index contributed by atoms with van der Waals surface area (Å²) in [4.78, 5) is 58.8. The van der Waals surface area contributed by atoms with E-state index in [1.165, 1.54) is 25.6 Å². The zero-order chi connectivity index (χ0) is 22.2. The number of hydrogen-bond acceptors (Lipinski definition) is 9. The molecule has 1 aromatic heterocycles. The number of aliphatic carboxylic acids is 1. The third-order valence-electron chi connectivity index (χ3n) is 4.58. The monoisotopic (exact) mass is 439 g/mol. The van der Waals surface area contributed by atoms with Gasteiger partial charge in [0.15, 0.2) is 0 Å². The molecule has 13 nitrogen and oxygen atoms in total. The van der Waals surface area contributed by atoms with Crippen LogP contribution in [0.25, 0.3) is 0 Å². The number of esters is 1. The Kier molecular flexibility index (Phi) is 5.78. The predicted octanol–water partition coefficient (Wildman–Crippen LogP) is -0.599. The maximum atomic E-state index is 12.5. The molecule has 2 atom stereocenters. The summed E-state index contributed by atoms with van der Waals surface area (Å²) in [6.07, 6.45) is 1.03. The van der Waals surface area contributed by atoms with E-state index >= 15 is 0 Å². The van der Waals surface area contributed by atoms with Crippen LogP contribution in [-0.2, 0) is 30.5 Å². The predicted molar refractivity (Wildman–Crippen MR) is 99.9 cm³/mol. The number of carbonyl (C=O) groups is 4. The summed E-state index contributed by atoms with van der Waals surface area (Å²) in [5.74, 6) is -2.91. The van der Waals surface area contributed by atoms with Gasteiger partial charge in [0.2, 0.25) is 5.91 Å². The van der Waals surface area contributed by atoms with E-state index in [1.807, 2.05) is 0 Å². The molecule has 2 unspecified atom stereocenters. The molecular formula is C16H17N5O8S. The topological polar surface area (TPSA) is 174 Å². The average molecular weight is 439 g/mol. The molecule has 160 valence electrons. The van der Waals surface area contributed by atoms with Gasteiger partial charge in [-0.15, -0.1) is 11.8 Å². The molecule has 0 aromatic carbocycles. The summed E-state index contributed by atoms with van der Waals surface area (Å²) < 4.78 is 5.99. The van der Waals surface area contributed by atoms with E-state index in [1.54, 1.807) is 0 Å². The van der Waals surface area contributed by atoms with Crippen molar-refractivity contribution in [1.82, 2.24) is 20.0 Å². The lowest BCUT2D eigenvalue weighted by atomic mass is 10.0. The van der Waals surface area contributed by atoms with Gasteiger partial charge in [-0.2, -0.15) is 5.10 Å². The molecular weight excluding hydrogens is 422 g/mol. The van der Waals surface area contributed by atoms with Gasteiger partial charge in [-0.05, 0) is 6.92 Å². The molecule has 3 rings (SSSR count). The Morgan fingerprint density at radius 1 is 1.47 bits per heavy atom. The molecule has 0 spiro atoms. The highest BCUT2D eigenvalue weighted by Gasteiger charge is 2.54. The van der Waals surface area contributed by atoms with Gasteiger partial charge < -0.3 is 15.2 Å². The van der Waals surface area contributed by atoms with E-state index in [-0.39, 0.29) is 41.6 Å². The molecule has 0 bridgehead atoms. The molecule has 1 fully saturated rings. The lowest BCUT2D eigenvalue weighted by molar-refractivity contribution is -0.385. The van der Waals surface area contributed by atoms with Crippen LogP contribution in [0.3, 0.4) is 0 Å². The van der Waals surface area contributed by atoms with Gasteiger partial charge in [0.25, 0.3) is 5.91 Å². The first kappa shape index (κ1) is 21.3. The van der Waals surface area contributed by atoms with Gasteiger partial charge in [-0.25, -0.2) is 4.79 Å². The number of ether oxygens (including phenoxy) is 1. The lowest BCUT2D eigenvalue weighted by Crippen LogP contribution is -2.70. The van der Waals surface area contributed by atoms with Crippen LogP contribution in [-0.4, -0.2) is 72.2 Å². The number of nitrogens with zero attached hydrogens (tertiary/aromatic N) is 4. The average Bonchev–Trinajstić information content (AvgIpc) is 3.03. The minimum atomic E-state index is -1.33. The van der Waals surface area contributed by atoms with Crippen molar-refractivity contribution in [1.29, 1.82) is 0 Å². The number of carboxylic acid groups (broad SMARTS) is 1. The number of carboxylic acids is 1. The zero-order valence-electron chi connectivity index (χ0n) is 15.9. The van der Waals surface area contributed by atoms with Crippen molar-refractivity contribution in [2.24, 2.45) is 0 Å². The quantitative estimate of drug-likeness (QED) is 0.242. The number of nitrogens with one attached hydrogen (secondary N) is 1. The second-order valence-corrected chi connectivity index (χ2v) is 7.63. The molecule has 30 heavy (non-hydrogen) atoms. The third kappa shape index (κ3) is 3.85. The molecule has 2 aliphatic rings. The SMILES string of the molecule is CC(=O)OCC1=C(C(=O)O)N2C(=O)C(NC(=O)Cn3ncc([N+](=O)[O-])c3C)C2SC1. The Labute approximate surface area is 173 Å². The maximum absolute atomic E-state index is 12.5. The van der Waals surface area contributed by atoms with E-state index < -0.39 is 40.1 Å². The van der Waals surface area contributed by atoms with Crippen LogP contribution in [0, 0.1) is 17.0 Å². The number of rotatable bonds is 7. The van der Waals surface area contributed by atoms with Crippen molar-refractivity contribution in [2.45, 2.75) is 31.8 Å². The van der Waals surface area contributed by atoms with Gasteiger partial charge in [-0.3, -0.25) is 34.1 Å². The summed E-state index contributed by atoms with van der Waals surface area (Å²) in [5.41, 5.74) is -0.00589. The lowest BCUT2D eigenvalue weighted by Gasteiger charge is -2.49. The number of carbonyl (C=O) groups excluding carboxylic acids is 3. The van der Waals surface area contributed by atoms with E-state index in [4.69, 9.17) is 4.74 Å². The van der Waals surface area contributed by atoms with Crippen molar-refractivity contribution in [3.63, 3.8) is 0 Å². The number of β-lactam (4-membered cyclic amide) rings is 1. The third-order valence-corrected chi connectivity index (χ3v) is 5.92. The highest BCUT2D eigenvalue weighted by Crippen LogP contribution is 2.40. The van der Waals surface area contributed by atoms with E-state index in [9.17, 15) is 34.4 Å². The first-order valence-electron chi connectivity index (χ1n) is 8.61. The summed E-state index contributed by atoms with van der Waals surface area (Å²) in [6.45, 7) is 2.06. The summed E-state index contributed by atoms with van der Waals surface area (Å²) >= 11 is 1.23. The van der Waals surface area contributed by atoms with E-state index in [2.05, 4.69) is 10.4 Å². The standard InChI is InChI=1S/C16H17N5O8S/c1-7-10(21(27)28)3-17-19(7)4-11(23)18-12-14(24)20-13(16(25)26)9(5-29-8(2)22)6-30-15(12)20/h3,12,15H,4-6H2,1-2H3,(H,18,23)(H,25,26). The number of thioether (sulfide) groups is 1. The number of aromatic nitrogens is 2. The fourth-order valence-electron chi connectivity index (χ4n) is 3.11. The minimum Gasteiger partial charge on any atom is -0.477 e. The van der Waals surface area contributed by atoms with Crippen LogP contribution in [0.15, 0.2) is 17.5 Å². The van der Waals surface area contributed by atoms with Crippen molar-refractivity contribution in [2.75, 3.05) is 12.4 Å². The summed E-state index contributed by atoms with van der Waals surface area (Å²) in [5, 5.41) is 26.1. The Balaban J connectivity index is 1.69. The molecule has 1 aromatic rings. The van der Waals surface area contributed by atoms with Gasteiger partial charge in [-0.1, -0.05) is 0 Å². The summed E-state index contributed by atoms with van der Waals surface area (Å²) in [6, 6.07) is -0.946. The molecule has 1 saturated heterocycles. The highest BCUT2D eigenvalue weighted by molar-refractivity contribution is 8.00. The van der Waals surface area contributed by atoms with Crippen molar-refractivity contribution < 1.29 is 33.9 Å².